The molecule has 7 atom stereocenters. The molecule has 0 saturated carbocycles. The van der Waals surface area contributed by atoms with Crippen molar-refractivity contribution in [2.75, 3.05) is 13.2 Å². The zero-order valence-corrected chi connectivity index (χ0v) is 54.5. The summed E-state index contributed by atoms with van der Waals surface area (Å²) in [6, 6.07) is -0.820. The van der Waals surface area contributed by atoms with E-state index in [1.165, 1.54) is 321 Å². The molecule has 0 spiro atoms. The van der Waals surface area contributed by atoms with Crippen molar-refractivity contribution in [2.24, 2.45) is 0 Å². The molecule has 9 heteroatoms. The van der Waals surface area contributed by atoms with Gasteiger partial charge in [0.05, 0.1) is 25.4 Å². The smallest absolute Gasteiger partial charge is 0.220 e. The van der Waals surface area contributed by atoms with Crippen molar-refractivity contribution in [2.45, 2.75) is 423 Å². The lowest BCUT2D eigenvalue weighted by molar-refractivity contribution is -0.302. The van der Waals surface area contributed by atoms with Gasteiger partial charge < -0.3 is 40.3 Å². The van der Waals surface area contributed by atoms with Crippen LogP contribution < -0.4 is 5.32 Å². The van der Waals surface area contributed by atoms with Gasteiger partial charge in [-0.15, -0.1) is 0 Å². The summed E-state index contributed by atoms with van der Waals surface area (Å²) in [7, 11) is 0. The van der Waals surface area contributed by atoms with Crippen LogP contribution in [0, 0.1) is 0 Å². The van der Waals surface area contributed by atoms with Crippen LogP contribution in [-0.4, -0.2) is 87.5 Å². The number of hydrogen-bond donors (Lipinski definition) is 6. The van der Waals surface area contributed by atoms with Crippen LogP contribution in [0.2, 0.25) is 0 Å². The molecule has 6 N–H and O–H groups in total. The van der Waals surface area contributed by atoms with E-state index in [0.29, 0.717) is 6.42 Å². The molecule has 9 nitrogen and oxygen atoms in total. The molecule has 0 aliphatic carbocycles. The third-order valence-corrected chi connectivity index (χ3v) is 17.8. The van der Waals surface area contributed by atoms with Crippen molar-refractivity contribution in [3.63, 3.8) is 0 Å². The number of nitrogens with one attached hydrogen (secondary N) is 1. The maximum absolute atomic E-state index is 13.1. The van der Waals surface area contributed by atoms with E-state index in [1.807, 2.05) is 6.08 Å². The average Bonchev–Trinajstić information content (AvgIpc) is 3.52. The third kappa shape index (κ3) is 50.8. The highest BCUT2D eigenvalue weighted by molar-refractivity contribution is 5.76. The van der Waals surface area contributed by atoms with Crippen LogP contribution >= 0.6 is 0 Å². The highest BCUT2D eigenvalue weighted by Crippen LogP contribution is 2.24. The maximum Gasteiger partial charge on any atom is 0.220 e. The van der Waals surface area contributed by atoms with Gasteiger partial charge in [-0.1, -0.05) is 366 Å². The highest BCUT2D eigenvalue weighted by Gasteiger charge is 2.44. The predicted molar refractivity (Wildman–Crippen MR) is 350 cm³/mol. The van der Waals surface area contributed by atoms with E-state index in [0.717, 1.165) is 38.5 Å². The molecular weight excluding hydrogens is 1020 g/mol. The first kappa shape index (κ1) is 78.7. The van der Waals surface area contributed by atoms with Gasteiger partial charge in [-0.2, -0.15) is 0 Å². The minimum absolute atomic E-state index is 0.177. The fourth-order valence-electron chi connectivity index (χ4n) is 12.1. The lowest BCUT2D eigenvalue weighted by Gasteiger charge is -2.40. The Kier molecular flexibility index (Phi) is 60.2. The molecular formula is C73H141NO8. The second kappa shape index (κ2) is 62.7. The van der Waals surface area contributed by atoms with Crippen molar-refractivity contribution < 1.29 is 39.8 Å². The molecule has 1 amide bonds. The number of carbonyl (C=O) groups is 1. The number of carbonyl (C=O) groups excluding carboxylic acids is 1. The summed E-state index contributed by atoms with van der Waals surface area (Å²) in [5, 5.41) is 54.8. The van der Waals surface area contributed by atoms with Crippen LogP contribution in [0.1, 0.15) is 380 Å². The molecule has 0 aromatic rings. The molecule has 0 aromatic carbocycles. The number of aliphatic hydroxyl groups is 5. The molecule has 1 heterocycles. The van der Waals surface area contributed by atoms with Gasteiger partial charge in [0, 0.05) is 6.42 Å². The fourth-order valence-corrected chi connectivity index (χ4v) is 12.1. The molecule has 0 radical (unpaired) electrons. The Labute approximate surface area is 509 Å². The van der Waals surface area contributed by atoms with Gasteiger partial charge in [0.1, 0.15) is 24.4 Å². The molecule has 0 aromatic heterocycles. The lowest BCUT2D eigenvalue weighted by Crippen LogP contribution is -2.60. The molecule has 0 bridgehead atoms. The van der Waals surface area contributed by atoms with Gasteiger partial charge in [0.25, 0.3) is 0 Å². The van der Waals surface area contributed by atoms with Crippen LogP contribution in [0.15, 0.2) is 24.3 Å². The summed E-state index contributed by atoms with van der Waals surface area (Å²) < 4.78 is 11.3. The van der Waals surface area contributed by atoms with E-state index in [1.54, 1.807) is 6.08 Å². The normalized spacial score (nSPS) is 18.4. The summed E-state index contributed by atoms with van der Waals surface area (Å²) in [4.78, 5) is 13.1. The second-order valence-corrected chi connectivity index (χ2v) is 25.7. The van der Waals surface area contributed by atoms with E-state index in [-0.39, 0.29) is 12.5 Å². The third-order valence-electron chi connectivity index (χ3n) is 17.8. The molecule has 7 unspecified atom stereocenters. The van der Waals surface area contributed by atoms with E-state index in [4.69, 9.17) is 9.47 Å². The van der Waals surface area contributed by atoms with Crippen molar-refractivity contribution in [1.82, 2.24) is 5.32 Å². The Morgan fingerprint density at radius 1 is 0.402 bits per heavy atom. The van der Waals surface area contributed by atoms with Gasteiger partial charge in [0.2, 0.25) is 5.91 Å². The Hall–Kier alpha value is -1.33. The molecule has 1 aliphatic heterocycles. The lowest BCUT2D eigenvalue weighted by atomic mass is 9.99. The molecule has 1 aliphatic rings. The topological polar surface area (TPSA) is 149 Å². The Morgan fingerprint density at radius 2 is 0.695 bits per heavy atom. The number of aliphatic hydroxyl groups excluding tert-OH is 5. The summed E-state index contributed by atoms with van der Waals surface area (Å²) in [6.45, 7) is 3.83. The van der Waals surface area contributed by atoms with Crippen molar-refractivity contribution in [1.29, 1.82) is 0 Å². The minimum Gasteiger partial charge on any atom is -0.394 e. The number of allylic oxidation sites excluding steroid dienone is 3. The first-order valence-corrected chi connectivity index (χ1v) is 36.6. The zero-order chi connectivity index (χ0) is 59.3. The molecule has 82 heavy (non-hydrogen) atoms. The van der Waals surface area contributed by atoms with Crippen molar-refractivity contribution in [3.05, 3.63) is 24.3 Å². The van der Waals surface area contributed by atoms with Crippen LogP contribution in [0.3, 0.4) is 0 Å². The van der Waals surface area contributed by atoms with Gasteiger partial charge in [0.15, 0.2) is 6.29 Å². The van der Waals surface area contributed by atoms with Gasteiger partial charge in [-0.05, 0) is 32.1 Å². The zero-order valence-electron chi connectivity index (χ0n) is 54.5. The summed E-state index contributed by atoms with van der Waals surface area (Å²) in [5.41, 5.74) is 0. The monoisotopic (exact) mass is 1160 g/mol. The molecule has 1 rings (SSSR count). The molecule has 486 valence electrons. The van der Waals surface area contributed by atoms with E-state index >= 15 is 0 Å². The summed E-state index contributed by atoms with van der Waals surface area (Å²) in [6.07, 6.45) is 76.0. The molecule has 1 fully saturated rings. The SMILES string of the molecule is CCCCCCCCCCCCCCCCCCCCCC/C=C/CC/C=C/C(O)C(COC1OC(CO)C(O)C(O)C1O)NC(=O)CCCCCCCCCCCCCCCCCCCCCCCCCCCCCCCCCCC. The quantitative estimate of drug-likeness (QED) is 0.0261. The Bertz CT molecular complexity index is 1340. The standard InChI is InChI=1S/C73H141NO8/c1-3-5-7-9-11-13-15-17-19-21-23-25-27-29-31-32-33-34-35-36-37-39-41-43-45-47-49-51-53-55-57-59-61-63-69(77)74-66(65-81-73-72(80)71(79)70(78)68(64-75)82-73)67(76)62-60-58-56-54-52-50-48-46-44-42-40-38-30-28-26-24-22-20-18-16-14-12-10-8-6-4-2/h52,54,60,62,66-68,70-73,75-76,78-80H,3-51,53,55-59,61,63-65H2,1-2H3,(H,74,77)/b54-52+,62-60+. The predicted octanol–water partition coefficient (Wildman–Crippen LogP) is 20.0. The van der Waals surface area contributed by atoms with Gasteiger partial charge in [-0.25, -0.2) is 0 Å². The highest BCUT2D eigenvalue weighted by atomic mass is 16.7. The largest absolute Gasteiger partial charge is 0.394 e. The average molecular weight is 1160 g/mol. The maximum atomic E-state index is 13.1. The van der Waals surface area contributed by atoms with E-state index < -0.39 is 49.5 Å². The van der Waals surface area contributed by atoms with Gasteiger partial charge in [-0.3, -0.25) is 4.79 Å². The summed E-state index contributed by atoms with van der Waals surface area (Å²) >= 11 is 0. The number of amides is 1. The summed E-state index contributed by atoms with van der Waals surface area (Å²) in [5.74, 6) is -0.177. The minimum atomic E-state index is -1.57. The number of hydrogen-bond acceptors (Lipinski definition) is 8. The van der Waals surface area contributed by atoms with Crippen LogP contribution in [-0.2, 0) is 14.3 Å². The fraction of sp³-hybridized carbons (Fsp3) is 0.932. The Balaban J connectivity index is 2.11. The number of ether oxygens (including phenoxy) is 2. The number of unbranched alkanes of at least 4 members (excludes halogenated alkanes) is 53. The van der Waals surface area contributed by atoms with E-state index in [9.17, 15) is 30.3 Å². The van der Waals surface area contributed by atoms with Crippen LogP contribution in [0.25, 0.3) is 0 Å². The van der Waals surface area contributed by atoms with Crippen LogP contribution in [0.5, 0.6) is 0 Å². The number of rotatable bonds is 65. The van der Waals surface area contributed by atoms with Gasteiger partial charge >= 0.3 is 0 Å². The Morgan fingerprint density at radius 3 is 1.02 bits per heavy atom. The van der Waals surface area contributed by atoms with E-state index in [2.05, 4.69) is 31.3 Å². The van der Waals surface area contributed by atoms with Crippen LogP contribution in [0.4, 0.5) is 0 Å². The first-order chi connectivity index (χ1) is 40.3. The van der Waals surface area contributed by atoms with Crippen molar-refractivity contribution >= 4 is 5.91 Å². The second-order valence-electron chi connectivity index (χ2n) is 25.7. The molecule has 1 saturated heterocycles. The first-order valence-electron chi connectivity index (χ1n) is 36.6. The van der Waals surface area contributed by atoms with Crippen molar-refractivity contribution in [3.8, 4) is 0 Å².